The normalized spacial score (nSPS) is 17.5. The van der Waals surface area contributed by atoms with Crippen molar-refractivity contribution in [2.45, 2.75) is 38.5 Å². The highest BCUT2D eigenvalue weighted by Crippen LogP contribution is 2.36. The smallest absolute Gasteiger partial charge is 0.438 e. The number of nitrogens with zero attached hydrogens (tertiary/aromatic N) is 3. The second-order valence-corrected chi connectivity index (χ2v) is 8.88. The lowest BCUT2D eigenvalue weighted by Crippen LogP contribution is -2.52. The van der Waals surface area contributed by atoms with Gasteiger partial charge in [0.1, 0.15) is 5.60 Å². The van der Waals surface area contributed by atoms with Crippen molar-refractivity contribution in [3.05, 3.63) is 88.2 Å². The van der Waals surface area contributed by atoms with Crippen molar-refractivity contribution in [2.75, 3.05) is 19.6 Å². The van der Waals surface area contributed by atoms with Crippen LogP contribution < -0.4 is 5.76 Å². The second-order valence-electron chi connectivity index (χ2n) is 8.88. The van der Waals surface area contributed by atoms with E-state index < -0.39 is 11.4 Å². The van der Waals surface area contributed by atoms with E-state index in [4.69, 9.17) is 9.26 Å². The molecule has 0 spiro atoms. The van der Waals surface area contributed by atoms with Crippen LogP contribution >= 0.6 is 0 Å². The molecule has 1 amide bonds. The molecule has 2 heterocycles. The minimum atomic E-state index is -0.620. The number of ether oxygens (including phenoxy) is 1. The third-order valence-corrected chi connectivity index (χ3v) is 5.41. The molecule has 1 atom stereocenters. The minimum absolute atomic E-state index is 0.0941. The Labute approximate surface area is 186 Å². The van der Waals surface area contributed by atoms with Gasteiger partial charge < -0.3 is 9.64 Å². The molecular weight excluding hydrogens is 408 g/mol. The van der Waals surface area contributed by atoms with Crippen LogP contribution in [0.4, 0.5) is 4.79 Å². The predicted molar refractivity (Wildman–Crippen MR) is 119 cm³/mol. The van der Waals surface area contributed by atoms with Crippen LogP contribution in [0.2, 0.25) is 0 Å². The van der Waals surface area contributed by atoms with Gasteiger partial charge in [-0.05, 0) is 31.9 Å². The molecule has 1 aliphatic heterocycles. The topological polar surface area (TPSA) is 91.7 Å². The molecule has 1 saturated heterocycles. The van der Waals surface area contributed by atoms with E-state index in [1.807, 2.05) is 57.2 Å². The third-order valence-electron chi connectivity index (χ3n) is 5.41. The van der Waals surface area contributed by atoms with Gasteiger partial charge in [0, 0.05) is 19.6 Å². The molecule has 4 rings (SSSR count). The zero-order valence-corrected chi connectivity index (χ0v) is 18.5. The van der Waals surface area contributed by atoms with Gasteiger partial charge in [0.15, 0.2) is 5.82 Å². The lowest BCUT2D eigenvalue weighted by atomic mass is 9.94. The lowest BCUT2D eigenvalue weighted by Gasteiger charge is -2.44. The van der Waals surface area contributed by atoms with E-state index in [1.165, 1.54) is 0 Å². The number of rotatable bonds is 4. The summed E-state index contributed by atoms with van der Waals surface area (Å²) in [5.41, 5.74) is 1.63. The van der Waals surface area contributed by atoms with Crippen molar-refractivity contribution in [1.82, 2.24) is 19.9 Å². The molecule has 0 saturated carbocycles. The minimum Gasteiger partial charge on any atom is -0.444 e. The van der Waals surface area contributed by atoms with Gasteiger partial charge in [0.25, 0.3) is 0 Å². The molecule has 1 aliphatic rings. The van der Waals surface area contributed by atoms with Gasteiger partial charge in [0.05, 0.1) is 12.1 Å². The fourth-order valence-corrected chi connectivity index (χ4v) is 4.07. The Morgan fingerprint density at radius 3 is 2.16 bits per heavy atom. The second kappa shape index (κ2) is 9.00. The molecule has 1 fully saturated rings. The van der Waals surface area contributed by atoms with Crippen molar-refractivity contribution in [3.63, 3.8) is 0 Å². The number of piperazine rings is 1. The fraction of sp³-hybridized carbons (Fsp3) is 0.375. The van der Waals surface area contributed by atoms with E-state index in [-0.39, 0.29) is 18.2 Å². The van der Waals surface area contributed by atoms with E-state index in [1.54, 1.807) is 4.90 Å². The summed E-state index contributed by atoms with van der Waals surface area (Å²) in [4.78, 5) is 31.1. The molecule has 2 aromatic carbocycles. The number of benzene rings is 2. The van der Waals surface area contributed by atoms with Gasteiger partial charge >= 0.3 is 11.8 Å². The van der Waals surface area contributed by atoms with E-state index >= 15 is 0 Å². The maximum Gasteiger partial charge on any atom is 0.438 e. The summed E-state index contributed by atoms with van der Waals surface area (Å²) in [5, 5.41) is 3.96. The highest BCUT2D eigenvalue weighted by atomic mass is 16.6. The van der Waals surface area contributed by atoms with Crippen LogP contribution in [0.15, 0.2) is 70.0 Å². The molecule has 1 N–H and O–H groups in total. The van der Waals surface area contributed by atoms with E-state index in [2.05, 4.69) is 39.3 Å². The summed E-state index contributed by atoms with van der Waals surface area (Å²) in [6.07, 6.45) is -0.385. The van der Waals surface area contributed by atoms with Gasteiger partial charge in [-0.1, -0.05) is 65.8 Å². The molecule has 8 nitrogen and oxygen atoms in total. The molecule has 0 radical (unpaired) electrons. The summed E-state index contributed by atoms with van der Waals surface area (Å²) < 4.78 is 10.4. The van der Waals surface area contributed by atoms with Gasteiger partial charge in [0.2, 0.25) is 0 Å². The number of carbonyl (C=O) groups is 1. The first kappa shape index (κ1) is 21.8. The molecule has 0 aliphatic carbocycles. The van der Waals surface area contributed by atoms with E-state index in [0.29, 0.717) is 25.5 Å². The molecule has 168 valence electrons. The number of nitrogens with one attached hydrogen (secondary N) is 1. The van der Waals surface area contributed by atoms with Crippen molar-refractivity contribution >= 4 is 6.09 Å². The van der Waals surface area contributed by atoms with Gasteiger partial charge in [-0.25, -0.2) is 9.59 Å². The summed E-state index contributed by atoms with van der Waals surface area (Å²) in [5.74, 6) is -0.231. The maximum atomic E-state index is 12.8. The summed E-state index contributed by atoms with van der Waals surface area (Å²) in [7, 11) is 0. The Kier molecular flexibility index (Phi) is 6.14. The Balaban J connectivity index is 1.72. The van der Waals surface area contributed by atoms with Crippen LogP contribution in [0.3, 0.4) is 0 Å². The van der Waals surface area contributed by atoms with E-state index in [0.717, 1.165) is 11.1 Å². The first-order valence-corrected chi connectivity index (χ1v) is 10.7. The molecule has 0 bridgehead atoms. The molecule has 32 heavy (non-hydrogen) atoms. The predicted octanol–water partition coefficient (Wildman–Crippen LogP) is 3.75. The monoisotopic (exact) mass is 436 g/mol. The number of hydrogen-bond acceptors (Lipinski definition) is 6. The van der Waals surface area contributed by atoms with Crippen LogP contribution in [-0.4, -0.2) is 51.3 Å². The standard InChI is InChI=1S/C24H28N4O4/c1-24(2,3)31-23(30)27-14-15-28(19(16-27)21-25-22(29)32-26-21)20(17-10-6-4-7-11-17)18-12-8-5-9-13-18/h4-13,19-20H,14-16H2,1-3H3,(H,25,26,29)/t19-/m0/s1. The highest BCUT2D eigenvalue weighted by Gasteiger charge is 2.39. The number of carbonyl (C=O) groups excluding carboxylic acids is 1. The Hall–Kier alpha value is -3.39. The Morgan fingerprint density at radius 1 is 1.06 bits per heavy atom. The quantitative estimate of drug-likeness (QED) is 0.670. The van der Waals surface area contributed by atoms with Crippen molar-refractivity contribution in [1.29, 1.82) is 0 Å². The van der Waals surface area contributed by atoms with E-state index in [9.17, 15) is 9.59 Å². The van der Waals surface area contributed by atoms with Gasteiger partial charge in [-0.3, -0.25) is 14.4 Å². The van der Waals surface area contributed by atoms with Crippen molar-refractivity contribution in [3.8, 4) is 0 Å². The number of hydrogen-bond donors (Lipinski definition) is 1. The van der Waals surface area contributed by atoms with Gasteiger partial charge in [-0.2, -0.15) is 0 Å². The fourth-order valence-electron chi connectivity index (χ4n) is 4.07. The highest BCUT2D eigenvalue weighted by molar-refractivity contribution is 5.68. The maximum absolute atomic E-state index is 12.8. The van der Waals surface area contributed by atoms with Crippen molar-refractivity contribution < 1.29 is 14.1 Å². The lowest BCUT2D eigenvalue weighted by molar-refractivity contribution is -0.00377. The van der Waals surface area contributed by atoms with Crippen LogP contribution in [0.25, 0.3) is 0 Å². The molecule has 1 aromatic heterocycles. The zero-order valence-electron chi connectivity index (χ0n) is 18.5. The first-order chi connectivity index (χ1) is 15.3. The van der Waals surface area contributed by atoms with Crippen LogP contribution in [0.1, 0.15) is 49.8 Å². The zero-order chi connectivity index (χ0) is 22.7. The average molecular weight is 437 g/mol. The summed E-state index contributed by atoms with van der Waals surface area (Å²) in [6, 6.07) is 19.9. The molecule has 8 heteroatoms. The average Bonchev–Trinajstić information content (AvgIpc) is 3.20. The first-order valence-electron chi connectivity index (χ1n) is 10.7. The van der Waals surface area contributed by atoms with Crippen LogP contribution in [0, 0.1) is 0 Å². The SMILES string of the molecule is CC(C)(C)OC(=O)N1CCN(C(c2ccccc2)c2ccccc2)[C@H](c2noc(=O)[nH]2)C1. The molecule has 0 unspecified atom stereocenters. The summed E-state index contributed by atoms with van der Waals surface area (Å²) in [6.45, 7) is 6.89. The Morgan fingerprint density at radius 2 is 1.66 bits per heavy atom. The Bertz CT molecular complexity index is 1050. The molecule has 3 aromatic rings. The van der Waals surface area contributed by atoms with Crippen LogP contribution in [-0.2, 0) is 4.74 Å². The number of amides is 1. The largest absolute Gasteiger partial charge is 0.444 e. The van der Waals surface area contributed by atoms with Crippen molar-refractivity contribution in [2.24, 2.45) is 0 Å². The number of H-pyrrole nitrogens is 1. The van der Waals surface area contributed by atoms with Crippen LogP contribution in [0.5, 0.6) is 0 Å². The third kappa shape index (κ3) is 4.91. The summed E-state index contributed by atoms with van der Waals surface area (Å²) >= 11 is 0. The van der Waals surface area contributed by atoms with Gasteiger partial charge in [-0.15, -0.1) is 0 Å². The molecular formula is C24H28N4O4. The number of aromatic nitrogens is 2. The number of aromatic amines is 1.